The number of alkyl halides is 2. The zero-order valence-corrected chi connectivity index (χ0v) is 28.9. The molecule has 15 nitrogen and oxygen atoms in total. The summed E-state index contributed by atoms with van der Waals surface area (Å²) in [7, 11) is 0. The molecule has 278 valence electrons. The second-order valence-electron chi connectivity index (χ2n) is 13.0. The molecule has 1 aliphatic rings. The molecule has 6 N–H and O–H groups in total. The molecule has 2 rings (SSSR count). The summed E-state index contributed by atoms with van der Waals surface area (Å²) < 4.78 is 26.9. The molecular formula is C33H49F2N7O8. The molecule has 1 fully saturated rings. The van der Waals surface area contributed by atoms with Gasteiger partial charge in [-0.3, -0.25) is 38.5 Å². The molecule has 1 unspecified atom stereocenters. The summed E-state index contributed by atoms with van der Waals surface area (Å²) in [5, 5.41) is 20.8. The van der Waals surface area contributed by atoms with Gasteiger partial charge in [0.2, 0.25) is 29.9 Å². The molecule has 0 saturated heterocycles. The van der Waals surface area contributed by atoms with Crippen LogP contribution < -0.4 is 26.6 Å². The first-order valence-corrected chi connectivity index (χ1v) is 16.9. The number of carbonyl (C=O) groups is 7. The third-order valence-electron chi connectivity index (χ3n) is 8.52. The summed E-state index contributed by atoms with van der Waals surface area (Å²) in [6, 6.07) is -5.56. The zero-order valence-electron chi connectivity index (χ0n) is 28.9. The summed E-state index contributed by atoms with van der Waals surface area (Å²) in [6.07, 6.45) is 4.61. The fraction of sp³-hybridized carbons (Fsp3) is 0.667. The average molecular weight is 710 g/mol. The van der Waals surface area contributed by atoms with E-state index in [1.165, 1.54) is 18.6 Å². The molecule has 1 heterocycles. The largest absolute Gasteiger partial charge is 0.480 e. The molecule has 0 aromatic carbocycles. The number of halogens is 2. The molecule has 5 atom stereocenters. The normalized spacial score (nSPS) is 16.3. The van der Waals surface area contributed by atoms with E-state index in [9.17, 15) is 42.3 Å². The van der Waals surface area contributed by atoms with E-state index in [0.29, 0.717) is 6.42 Å². The summed E-state index contributed by atoms with van der Waals surface area (Å²) in [4.78, 5) is 97.5. The number of hydrogen-bond acceptors (Lipinski definition) is 9. The number of amides is 5. The Balaban J connectivity index is 2.32. The van der Waals surface area contributed by atoms with Crippen molar-refractivity contribution >= 4 is 41.3 Å². The Kier molecular flexibility index (Phi) is 17.3. The second-order valence-corrected chi connectivity index (χ2v) is 13.0. The van der Waals surface area contributed by atoms with E-state index in [1.807, 2.05) is 13.8 Å². The van der Waals surface area contributed by atoms with Crippen molar-refractivity contribution < 1.29 is 47.4 Å². The number of Topliss-reactive ketones (excluding diaryl/α,β-unsaturated/α-hetero) is 1. The molecule has 0 radical (unpaired) electrons. The predicted octanol–water partition coefficient (Wildman–Crippen LogP) is 1.52. The molecular weight excluding hydrogens is 660 g/mol. The maximum absolute atomic E-state index is 13.9. The molecule has 5 amide bonds. The van der Waals surface area contributed by atoms with Gasteiger partial charge in [0.15, 0.2) is 0 Å². The number of carboxylic acids is 1. The van der Waals surface area contributed by atoms with Crippen LogP contribution in [0.1, 0.15) is 96.0 Å². The number of hydrogen-bond donors (Lipinski definition) is 6. The van der Waals surface area contributed by atoms with Gasteiger partial charge >= 0.3 is 5.97 Å². The van der Waals surface area contributed by atoms with Crippen LogP contribution >= 0.6 is 0 Å². The van der Waals surface area contributed by atoms with Crippen LogP contribution in [0.4, 0.5) is 8.78 Å². The zero-order chi connectivity index (χ0) is 37.4. The third-order valence-corrected chi connectivity index (χ3v) is 8.52. The minimum Gasteiger partial charge on any atom is -0.480 e. The van der Waals surface area contributed by atoms with E-state index >= 15 is 0 Å². The van der Waals surface area contributed by atoms with Crippen molar-refractivity contribution in [3.8, 4) is 0 Å². The number of carboxylic acid groups (broad SMARTS) is 1. The molecule has 0 spiro atoms. The van der Waals surface area contributed by atoms with Crippen molar-refractivity contribution in [3.63, 3.8) is 0 Å². The highest BCUT2D eigenvalue weighted by atomic mass is 19.3. The van der Waals surface area contributed by atoms with Gasteiger partial charge in [0, 0.05) is 18.8 Å². The average Bonchev–Trinajstić information content (AvgIpc) is 3.08. The van der Waals surface area contributed by atoms with Crippen LogP contribution in [-0.2, 0) is 28.8 Å². The highest BCUT2D eigenvalue weighted by molar-refractivity contribution is 6.38. The van der Waals surface area contributed by atoms with Crippen LogP contribution in [0.3, 0.4) is 0 Å². The first-order chi connectivity index (χ1) is 23.6. The Bertz CT molecular complexity index is 1330. The Morgan fingerprint density at radius 2 is 1.48 bits per heavy atom. The smallest absolute Gasteiger partial charge is 0.322 e. The lowest BCUT2D eigenvalue weighted by Crippen LogP contribution is -2.60. The molecule has 1 aliphatic carbocycles. The first-order valence-electron chi connectivity index (χ1n) is 16.9. The van der Waals surface area contributed by atoms with Crippen LogP contribution in [0, 0.1) is 17.8 Å². The fourth-order valence-corrected chi connectivity index (χ4v) is 5.64. The topological polar surface area (TPSA) is 226 Å². The lowest BCUT2D eigenvalue weighted by Gasteiger charge is -2.31. The molecule has 0 aliphatic heterocycles. The van der Waals surface area contributed by atoms with Gasteiger partial charge in [-0.25, -0.2) is 13.8 Å². The number of nitrogens with zero attached hydrogens (tertiary/aromatic N) is 2. The summed E-state index contributed by atoms with van der Waals surface area (Å²) in [5.74, 6) is -7.95. The highest BCUT2D eigenvalue weighted by Gasteiger charge is 2.36. The maximum Gasteiger partial charge on any atom is 0.322 e. The van der Waals surface area contributed by atoms with Gasteiger partial charge in [-0.15, -0.1) is 0 Å². The number of aliphatic carboxylic acids is 1. The first kappa shape index (κ1) is 41.6. The molecule has 17 heteroatoms. The lowest BCUT2D eigenvalue weighted by molar-refractivity contribution is -0.143. The molecule has 50 heavy (non-hydrogen) atoms. The van der Waals surface area contributed by atoms with E-state index in [2.05, 4.69) is 31.2 Å². The lowest BCUT2D eigenvalue weighted by atomic mass is 9.84. The van der Waals surface area contributed by atoms with Gasteiger partial charge in [-0.05, 0) is 30.6 Å². The molecule has 1 aromatic rings. The Morgan fingerprint density at radius 1 is 0.840 bits per heavy atom. The Hall–Kier alpha value is -4.57. The highest BCUT2D eigenvalue weighted by Crippen LogP contribution is 2.27. The molecule has 1 aromatic heterocycles. The van der Waals surface area contributed by atoms with Crippen molar-refractivity contribution in [1.82, 2.24) is 36.6 Å². The monoisotopic (exact) mass is 709 g/mol. The summed E-state index contributed by atoms with van der Waals surface area (Å²) >= 11 is 0. The molecule has 1 saturated carbocycles. The van der Waals surface area contributed by atoms with Crippen molar-refractivity contribution in [3.05, 3.63) is 24.3 Å². The van der Waals surface area contributed by atoms with Crippen molar-refractivity contribution in [2.45, 2.75) is 116 Å². The third kappa shape index (κ3) is 14.1. The van der Waals surface area contributed by atoms with Gasteiger partial charge in [0.1, 0.15) is 36.4 Å². The van der Waals surface area contributed by atoms with E-state index in [1.54, 1.807) is 19.2 Å². The number of aromatic nitrogens is 2. The summed E-state index contributed by atoms with van der Waals surface area (Å²) in [6.45, 7) is 6.27. The van der Waals surface area contributed by atoms with Crippen LogP contribution in [0.5, 0.6) is 0 Å². The van der Waals surface area contributed by atoms with Crippen molar-refractivity contribution in [2.75, 3.05) is 6.54 Å². The van der Waals surface area contributed by atoms with E-state index in [0.717, 1.165) is 32.1 Å². The van der Waals surface area contributed by atoms with Gasteiger partial charge in [0.05, 0.1) is 6.20 Å². The van der Waals surface area contributed by atoms with Gasteiger partial charge < -0.3 is 31.7 Å². The number of nitrogens with one attached hydrogen (secondary N) is 5. The quantitative estimate of drug-likeness (QED) is 0.107. The van der Waals surface area contributed by atoms with E-state index in [4.69, 9.17) is 5.11 Å². The predicted molar refractivity (Wildman–Crippen MR) is 175 cm³/mol. The SMILES string of the molecule is CC[C@H](C)C(NC(=O)[C@H](CC(C)C)NC(=O)c1cnccn1)C(=O)N[C@@H](CC1CCCCC1)C(=O)N[C@@H](CC(F)F)C(=O)C(=O)NCC(=O)O. The minimum absolute atomic E-state index is 0.00941. The summed E-state index contributed by atoms with van der Waals surface area (Å²) in [5.41, 5.74) is -0.00941. The van der Waals surface area contributed by atoms with Crippen LogP contribution in [0.25, 0.3) is 0 Å². The Labute approximate surface area is 289 Å². The fourth-order valence-electron chi connectivity index (χ4n) is 5.64. The van der Waals surface area contributed by atoms with Crippen LogP contribution in [-0.4, -0.2) is 93.5 Å². The van der Waals surface area contributed by atoms with Gasteiger partial charge in [-0.2, -0.15) is 0 Å². The minimum atomic E-state index is -3.11. The number of ketones is 1. The van der Waals surface area contributed by atoms with Crippen LogP contribution in [0.15, 0.2) is 18.6 Å². The van der Waals surface area contributed by atoms with E-state index < -0.39 is 90.8 Å². The van der Waals surface area contributed by atoms with E-state index in [-0.39, 0.29) is 30.4 Å². The number of rotatable bonds is 20. The van der Waals surface area contributed by atoms with Crippen molar-refractivity contribution in [2.24, 2.45) is 17.8 Å². The number of carbonyl (C=O) groups excluding carboxylic acids is 6. The van der Waals surface area contributed by atoms with Crippen molar-refractivity contribution in [1.29, 1.82) is 0 Å². The maximum atomic E-state index is 13.9. The van der Waals surface area contributed by atoms with Gasteiger partial charge in [0.25, 0.3) is 11.8 Å². The van der Waals surface area contributed by atoms with Gasteiger partial charge in [-0.1, -0.05) is 66.2 Å². The van der Waals surface area contributed by atoms with Crippen LogP contribution in [0.2, 0.25) is 0 Å². The second kappa shape index (κ2) is 20.8. The molecule has 0 bridgehead atoms. The Morgan fingerprint density at radius 3 is 2.04 bits per heavy atom. The standard InChI is InChI=1S/C33H49F2N7O8/c1-5-19(4)27(42-30(47)22(13-18(2)3)40-31(48)24-16-36-11-12-37-24)32(49)41-23(14-20-9-7-6-8-10-20)29(46)39-21(15-25(34)35)28(45)33(50)38-17-26(43)44/h11-12,16,18-23,25,27H,5-10,13-15,17H2,1-4H3,(H,38,50)(H,39,46)(H,40,48)(H,41,49)(H,42,47)(H,43,44)/t19-,21-,22-,23-,27?/m0/s1.